The van der Waals surface area contributed by atoms with Crippen molar-refractivity contribution in [2.24, 2.45) is 0 Å². The van der Waals surface area contributed by atoms with Crippen LogP contribution >= 0.6 is 0 Å². The molecule has 0 aromatic rings. The van der Waals surface area contributed by atoms with E-state index >= 15 is 0 Å². The minimum absolute atomic E-state index is 0.0844. The Bertz CT molecular complexity index is 126. The number of carbonyl (C=O) groups excluding carboxylic acids is 1. The second-order valence-electron chi connectivity index (χ2n) is 2.70. The average Bonchev–Trinajstić information content (AvgIpc) is 2.10. The quantitative estimate of drug-likeness (QED) is 0.323. The Morgan fingerprint density at radius 3 is 2.67 bits per heavy atom. The first-order valence-electron chi connectivity index (χ1n) is 4.28. The van der Waals surface area contributed by atoms with Crippen LogP contribution < -0.4 is 5.32 Å². The van der Waals surface area contributed by atoms with Crippen LogP contribution in [-0.4, -0.2) is 24.2 Å². The standard InChI is InChI=1S/C9H17NO2/c1-2-9(10-8-12)6-4-3-5-7-11/h2,8-9,11H,1,3-7H2,(H,10,12)/t9-/m1/s1. The summed E-state index contributed by atoms with van der Waals surface area (Å²) in [6.07, 6.45) is 6.18. The molecule has 0 aromatic carbocycles. The maximum Gasteiger partial charge on any atom is 0.207 e. The molecule has 0 heterocycles. The molecule has 0 spiro atoms. The lowest BCUT2D eigenvalue weighted by Crippen LogP contribution is -2.25. The van der Waals surface area contributed by atoms with E-state index < -0.39 is 0 Å². The largest absolute Gasteiger partial charge is 0.396 e. The van der Waals surface area contributed by atoms with E-state index in [1.54, 1.807) is 6.08 Å². The number of rotatable bonds is 8. The van der Waals surface area contributed by atoms with Crippen LogP contribution in [0.15, 0.2) is 12.7 Å². The van der Waals surface area contributed by atoms with Crippen molar-refractivity contribution in [2.75, 3.05) is 6.61 Å². The van der Waals surface area contributed by atoms with Crippen LogP contribution in [0.5, 0.6) is 0 Å². The topological polar surface area (TPSA) is 49.3 Å². The monoisotopic (exact) mass is 171 g/mol. The molecule has 0 aliphatic carbocycles. The highest BCUT2D eigenvalue weighted by molar-refractivity contribution is 5.47. The fourth-order valence-electron chi connectivity index (χ4n) is 1.01. The molecule has 1 atom stereocenters. The Kier molecular flexibility index (Phi) is 7.70. The number of amides is 1. The fraction of sp³-hybridized carbons (Fsp3) is 0.667. The summed E-state index contributed by atoms with van der Waals surface area (Å²) in [6.45, 7) is 3.86. The number of aliphatic hydroxyl groups is 1. The van der Waals surface area contributed by atoms with Gasteiger partial charge in [0.15, 0.2) is 0 Å². The Balaban J connectivity index is 3.31. The molecule has 0 unspecified atom stereocenters. The lowest BCUT2D eigenvalue weighted by atomic mass is 10.1. The third kappa shape index (κ3) is 5.92. The minimum atomic E-state index is 0.0844. The fourth-order valence-corrected chi connectivity index (χ4v) is 1.01. The number of hydrogen-bond acceptors (Lipinski definition) is 2. The van der Waals surface area contributed by atoms with E-state index in [-0.39, 0.29) is 12.6 Å². The summed E-state index contributed by atoms with van der Waals surface area (Å²) in [5.74, 6) is 0. The molecular weight excluding hydrogens is 154 g/mol. The van der Waals surface area contributed by atoms with E-state index in [9.17, 15) is 4.79 Å². The zero-order valence-corrected chi connectivity index (χ0v) is 7.33. The average molecular weight is 171 g/mol. The number of unbranched alkanes of at least 4 members (excludes halogenated alkanes) is 2. The zero-order chi connectivity index (χ0) is 9.23. The first-order chi connectivity index (χ1) is 5.85. The van der Waals surface area contributed by atoms with Gasteiger partial charge in [0.25, 0.3) is 0 Å². The second-order valence-corrected chi connectivity index (χ2v) is 2.70. The lowest BCUT2D eigenvalue weighted by molar-refractivity contribution is -0.109. The molecule has 3 heteroatoms. The number of aliphatic hydroxyl groups excluding tert-OH is 1. The summed E-state index contributed by atoms with van der Waals surface area (Å²) >= 11 is 0. The van der Waals surface area contributed by atoms with Crippen LogP contribution in [-0.2, 0) is 4.79 Å². The van der Waals surface area contributed by atoms with Gasteiger partial charge in [0, 0.05) is 12.6 Å². The Morgan fingerprint density at radius 1 is 1.42 bits per heavy atom. The van der Waals surface area contributed by atoms with Crippen molar-refractivity contribution in [3.05, 3.63) is 12.7 Å². The number of carbonyl (C=O) groups is 1. The van der Waals surface area contributed by atoms with Gasteiger partial charge in [0.1, 0.15) is 0 Å². The highest BCUT2D eigenvalue weighted by Crippen LogP contribution is 2.03. The van der Waals surface area contributed by atoms with Crippen molar-refractivity contribution in [1.82, 2.24) is 5.32 Å². The van der Waals surface area contributed by atoms with Gasteiger partial charge in [-0.3, -0.25) is 4.79 Å². The van der Waals surface area contributed by atoms with Gasteiger partial charge in [-0.2, -0.15) is 0 Å². The van der Waals surface area contributed by atoms with Crippen molar-refractivity contribution >= 4 is 6.41 Å². The van der Waals surface area contributed by atoms with Crippen molar-refractivity contribution in [3.8, 4) is 0 Å². The highest BCUT2D eigenvalue weighted by Gasteiger charge is 2.00. The third-order valence-electron chi connectivity index (χ3n) is 1.74. The number of nitrogens with one attached hydrogen (secondary N) is 1. The molecule has 0 aromatic heterocycles. The molecule has 0 saturated heterocycles. The highest BCUT2D eigenvalue weighted by atomic mass is 16.2. The molecular formula is C9H17NO2. The molecule has 0 rings (SSSR count). The third-order valence-corrected chi connectivity index (χ3v) is 1.74. The molecule has 0 radical (unpaired) electrons. The summed E-state index contributed by atoms with van der Waals surface area (Å²) in [7, 11) is 0. The van der Waals surface area contributed by atoms with E-state index in [4.69, 9.17) is 5.11 Å². The van der Waals surface area contributed by atoms with Crippen LogP contribution in [0, 0.1) is 0 Å². The van der Waals surface area contributed by atoms with Crippen LogP contribution in [0.4, 0.5) is 0 Å². The Morgan fingerprint density at radius 2 is 2.17 bits per heavy atom. The van der Waals surface area contributed by atoms with Gasteiger partial charge in [-0.05, 0) is 12.8 Å². The van der Waals surface area contributed by atoms with Gasteiger partial charge in [0.05, 0.1) is 0 Å². The molecule has 12 heavy (non-hydrogen) atoms. The number of hydrogen-bond donors (Lipinski definition) is 2. The first kappa shape index (κ1) is 11.2. The second kappa shape index (κ2) is 8.27. The van der Waals surface area contributed by atoms with Crippen LogP contribution in [0.2, 0.25) is 0 Å². The Labute approximate surface area is 73.5 Å². The Hall–Kier alpha value is -0.830. The molecule has 2 N–H and O–H groups in total. The van der Waals surface area contributed by atoms with E-state index in [0.717, 1.165) is 25.7 Å². The summed E-state index contributed by atoms with van der Waals surface area (Å²) in [4.78, 5) is 10.1. The summed E-state index contributed by atoms with van der Waals surface area (Å²) in [5.41, 5.74) is 0. The summed E-state index contributed by atoms with van der Waals surface area (Å²) in [5, 5.41) is 11.1. The smallest absolute Gasteiger partial charge is 0.207 e. The maximum atomic E-state index is 10.1. The molecule has 3 nitrogen and oxygen atoms in total. The van der Waals surface area contributed by atoms with Gasteiger partial charge in [-0.1, -0.05) is 18.9 Å². The van der Waals surface area contributed by atoms with E-state index in [1.165, 1.54) is 0 Å². The van der Waals surface area contributed by atoms with Gasteiger partial charge < -0.3 is 10.4 Å². The first-order valence-corrected chi connectivity index (χ1v) is 4.28. The minimum Gasteiger partial charge on any atom is -0.396 e. The van der Waals surface area contributed by atoms with Crippen molar-refractivity contribution in [1.29, 1.82) is 0 Å². The SMILES string of the molecule is C=C[C@H](CCCCCO)NC=O. The lowest BCUT2D eigenvalue weighted by Gasteiger charge is -2.09. The molecule has 0 bridgehead atoms. The van der Waals surface area contributed by atoms with Gasteiger partial charge in [-0.15, -0.1) is 6.58 Å². The van der Waals surface area contributed by atoms with Crippen LogP contribution in [0.25, 0.3) is 0 Å². The zero-order valence-electron chi connectivity index (χ0n) is 7.33. The predicted octanol–water partition coefficient (Wildman–Crippen LogP) is 0.840. The predicted molar refractivity (Wildman–Crippen MR) is 48.7 cm³/mol. The van der Waals surface area contributed by atoms with Crippen molar-refractivity contribution in [2.45, 2.75) is 31.7 Å². The van der Waals surface area contributed by atoms with Gasteiger partial charge in [-0.25, -0.2) is 0 Å². The molecule has 0 fully saturated rings. The normalized spacial score (nSPS) is 12.1. The summed E-state index contributed by atoms with van der Waals surface area (Å²) in [6, 6.07) is 0.0844. The molecule has 0 saturated carbocycles. The maximum absolute atomic E-state index is 10.1. The summed E-state index contributed by atoms with van der Waals surface area (Å²) < 4.78 is 0. The van der Waals surface area contributed by atoms with E-state index in [0.29, 0.717) is 6.41 Å². The van der Waals surface area contributed by atoms with Gasteiger partial charge in [0.2, 0.25) is 6.41 Å². The van der Waals surface area contributed by atoms with Crippen LogP contribution in [0.3, 0.4) is 0 Å². The molecule has 0 aliphatic heterocycles. The molecule has 70 valence electrons. The van der Waals surface area contributed by atoms with Crippen molar-refractivity contribution < 1.29 is 9.90 Å². The molecule has 0 aliphatic rings. The van der Waals surface area contributed by atoms with Crippen LogP contribution in [0.1, 0.15) is 25.7 Å². The van der Waals surface area contributed by atoms with E-state index in [2.05, 4.69) is 11.9 Å². The van der Waals surface area contributed by atoms with Gasteiger partial charge >= 0.3 is 0 Å². The molecule has 1 amide bonds. The van der Waals surface area contributed by atoms with Crippen molar-refractivity contribution in [3.63, 3.8) is 0 Å². The van der Waals surface area contributed by atoms with E-state index in [1.807, 2.05) is 0 Å².